The van der Waals surface area contributed by atoms with Gasteiger partial charge in [0, 0.05) is 18.6 Å². The average molecular weight is 288 g/mol. The molecule has 21 heavy (non-hydrogen) atoms. The quantitative estimate of drug-likeness (QED) is 0.763. The van der Waals surface area contributed by atoms with Gasteiger partial charge in [0.1, 0.15) is 0 Å². The summed E-state index contributed by atoms with van der Waals surface area (Å²) in [5.74, 6) is 0. The Morgan fingerprint density at radius 2 is 1.81 bits per heavy atom. The van der Waals surface area contributed by atoms with Crippen molar-refractivity contribution >= 4 is 0 Å². The van der Waals surface area contributed by atoms with Gasteiger partial charge in [-0.25, -0.2) is 0 Å². The second-order valence-corrected chi connectivity index (χ2v) is 6.30. The Morgan fingerprint density at radius 3 is 2.43 bits per heavy atom. The summed E-state index contributed by atoms with van der Waals surface area (Å²) in [5, 5.41) is 3.75. The molecule has 0 radical (unpaired) electrons. The zero-order valence-corrected chi connectivity index (χ0v) is 13.9. The molecule has 0 saturated heterocycles. The molecule has 0 heterocycles. The van der Waals surface area contributed by atoms with Gasteiger partial charge in [-0.05, 0) is 37.9 Å². The molecule has 0 amide bonds. The van der Waals surface area contributed by atoms with Crippen LogP contribution < -0.4 is 5.32 Å². The van der Waals surface area contributed by atoms with E-state index in [0.29, 0.717) is 6.04 Å². The third-order valence-corrected chi connectivity index (χ3v) is 4.76. The van der Waals surface area contributed by atoms with Crippen LogP contribution in [0.25, 0.3) is 0 Å². The van der Waals surface area contributed by atoms with Crippen molar-refractivity contribution in [2.75, 3.05) is 19.6 Å². The third kappa shape index (κ3) is 5.12. The summed E-state index contributed by atoms with van der Waals surface area (Å²) in [7, 11) is 0. The van der Waals surface area contributed by atoms with E-state index in [4.69, 9.17) is 0 Å². The van der Waals surface area contributed by atoms with Crippen molar-refractivity contribution in [1.29, 1.82) is 0 Å². The fourth-order valence-corrected chi connectivity index (χ4v) is 3.51. The largest absolute Gasteiger partial charge is 0.309 e. The highest BCUT2D eigenvalue weighted by atomic mass is 15.2. The molecule has 1 aliphatic rings. The van der Waals surface area contributed by atoms with Gasteiger partial charge < -0.3 is 5.32 Å². The summed E-state index contributed by atoms with van der Waals surface area (Å²) in [6, 6.07) is 12.2. The Balaban J connectivity index is 2.01. The molecule has 118 valence electrons. The normalized spacial score (nSPS) is 18.0. The summed E-state index contributed by atoms with van der Waals surface area (Å²) >= 11 is 0. The minimum atomic E-state index is 0.466. The molecule has 1 unspecified atom stereocenters. The molecule has 0 bridgehead atoms. The topological polar surface area (TPSA) is 15.3 Å². The molecule has 2 rings (SSSR count). The summed E-state index contributed by atoms with van der Waals surface area (Å²) in [4.78, 5) is 2.71. The number of hydrogen-bond donors (Lipinski definition) is 1. The van der Waals surface area contributed by atoms with Crippen LogP contribution in [-0.2, 0) is 0 Å². The van der Waals surface area contributed by atoms with Gasteiger partial charge >= 0.3 is 0 Å². The molecule has 2 nitrogen and oxygen atoms in total. The third-order valence-electron chi connectivity index (χ3n) is 4.76. The molecular formula is C19H32N2. The van der Waals surface area contributed by atoms with Gasteiger partial charge in [0.2, 0.25) is 0 Å². The molecule has 1 aliphatic carbocycles. The maximum atomic E-state index is 3.75. The van der Waals surface area contributed by atoms with Crippen LogP contribution in [0.15, 0.2) is 30.3 Å². The van der Waals surface area contributed by atoms with Crippen LogP contribution in [-0.4, -0.2) is 30.6 Å². The van der Waals surface area contributed by atoms with Gasteiger partial charge in [-0.1, -0.05) is 63.4 Å². The number of likely N-dealkylation sites (N-methyl/N-ethyl adjacent to an activating group) is 1. The summed E-state index contributed by atoms with van der Waals surface area (Å²) in [6.07, 6.45) is 8.24. The Bertz CT molecular complexity index is 370. The molecule has 1 fully saturated rings. The van der Waals surface area contributed by atoms with Crippen LogP contribution in [0, 0.1) is 0 Å². The maximum Gasteiger partial charge on any atom is 0.0449 e. The fraction of sp³-hybridized carbons (Fsp3) is 0.684. The first-order chi connectivity index (χ1) is 10.3. The van der Waals surface area contributed by atoms with Gasteiger partial charge in [-0.3, -0.25) is 4.90 Å². The number of nitrogens with one attached hydrogen (secondary N) is 1. The first-order valence-electron chi connectivity index (χ1n) is 8.87. The van der Waals surface area contributed by atoms with Crippen molar-refractivity contribution in [3.05, 3.63) is 35.9 Å². The highest BCUT2D eigenvalue weighted by molar-refractivity contribution is 5.19. The lowest BCUT2D eigenvalue weighted by Crippen LogP contribution is -2.42. The van der Waals surface area contributed by atoms with E-state index in [1.807, 2.05) is 0 Å². The molecule has 2 heteroatoms. The van der Waals surface area contributed by atoms with E-state index in [2.05, 4.69) is 54.4 Å². The van der Waals surface area contributed by atoms with Gasteiger partial charge in [0.25, 0.3) is 0 Å². The minimum Gasteiger partial charge on any atom is -0.309 e. The zero-order chi connectivity index (χ0) is 14.9. The molecular weight excluding hydrogens is 256 g/mol. The fourth-order valence-electron chi connectivity index (χ4n) is 3.51. The van der Waals surface area contributed by atoms with E-state index in [0.717, 1.165) is 19.1 Å². The summed E-state index contributed by atoms with van der Waals surface area (Å²) < 4.78 is 0. The predicted octanol–water partition coefficient (Wildman–Crippen LogP) is 4.38. The lowest BCUT2D eigenvalue weighted by molar-refractivity contribution is 0.148. The van der Waals surface area contributed by atoms with Crippen LogP contribution >= 0.6 is 0 Å². The van der Waals surface area contributed by atoms with Crippen LogP contribution in [0.3, 0.4) is 0 Å². The summed E-state index contributed by atoms with van der Waals surface area (Å²) in [5.41, 5.74) is 1.43. The van der Waals surface area contributed by atoms with Crippen molar-refractivity contribution in [1.82, 2.24) is 10.2 Å². The average Bonchev–Trinajstić information content (AvgIpc) is 2.57. The zero-order valence-electron chi connectivity index (χ0n) is 13.9. The molecule has 0 aromatic heterocycles. The smallest absolute Gasteiger partial charge is 0.0449 e. The highest BCUT2D eigenvalue weighted by Crippen LogP contribution is 2.24. The number of benzene rings is 1. The number of hydrogen-bond acceptors (Lipinski definition) is 2. The molecule has 0 spiro atoms. The van der Waals surface area contributed by atoms with Crippen molar-refractivity contribution in [2.45, 2.75) is 64.5 Å². The minimum absolute atomic E-state index is 0.466. The molecule has 0 aliphatic heterocycles. The van der Waals surface area contributed by atoms with Crippen molar-refractivity contribution in [3.8, 4) is 0 Å². The van der Waals surface area contributed by atoms with E-state index in [1.165, 1.54) is 50.6 Å². The van der Waals surface area contributed by atoms with Gasteiger partial charge in [0.15, 0.2) is 0 Å². The van der Waals surface area contributed by atoms with Crippen LogP contribution in [0.5, 0.6) is 0 Å². The Kier molecular flexibility index (Phi) is 7.25. The van der Waals surface area contributed by atoms with Crippen molar-refractivity contribution in [3.63, 3.8) is 0 Å². The van der Waals surface area contributed by atoms with Crippen LogP contribution in [0.4, 0.5) is 0 Å². The van der Waals surface area contributed by atoms with Crippen LogP contribution in [0.2, 0.25) is 0 Å². The van der Waals surface area contributed by atoms with Crippen LogP contribution in [0.1, 0.15) is 64.0 Å². The maximum absolute atomic E-state index is 3.75. The van der Waals surface area contributed by atoms with E-state index in [1.54, 1.807) is 0 Å². The van der Waals surface area contributed by atoms with E-state index >= 15 is 0 Å². The van der Waals surface area contributed by atoms with Gasteiger partial charge in [-0.15, -0.1) is 0 Å². The molecule has 1 saturated carbocycles. The van der Waals surface area contributed by atoms with E-state index in [9.17, 15) is 0 Å². The highest BCUT2D eigenvalue weighted by Gasteiger charge is 2.23. The van der Waals surface area contributed by atoms with E-state index < -0.39 is 0 Å². The molecule has 1 N–H and O–H groups in total. The van der Waals surface area contributed by atoms with Crippen molar-refractivity contribution < 1.29 is 0 Å². The monoisotopic (exact) mass is 288 g/mol. The Labute approximate surface area is 130 Å². The second-order valence-electron chi connectivity index (χ2n) is 6.30. The standard InChI is InChI=1S/C19H32N2/c1-3-15-20-19(17-11-7-5-8-12-17)16-21(4-2)18-13-9-6-10-14-18/h5,7-8,11-12,18-20H,3-4,6,9-10,13-16H2,1-2H3. The molecule has 1 aromatic rings. The van der Waals surface area contributed by atoms with Gasteiger partial charge in [-0.2, -0.15) is 0 Å². The first kappa shape index (κ1) is 16.5. The first-order valence-corrected chi connectivity index (χ1v) is 8.87. The second kappa shape index (κ2) is 9.22. The molecule has 1 atom stereocenters. The predicted molar refractivity (Wildman–Crippen MR) is 91.6 cm³/mol. The molecule has 1 aromatic carbocycles. The Hall–Kier alpha value is -0.860. The van der Waals surface area contributed by atoms with E-state index in [-0.39, 0.29) is 0 Å². The summed E-state index contributed by atoms with van der Waals surface area (Å²) in [6.45, 7) is 7.97. The number of rotatable bonds is 8. The Morgan fingerprint density at radius 1 is 1.10 bits per heavy atom. The lowest BCUT2D eigenvalue weighted by atomic mass is 9.93. The number of nitrogens with zero attached hydrogens (tertiary/aromatic N) is 1. The van der Waals surface area contributed by atoms with Crippen molar-refractivity contribution in [2.24, 2.45) is 0 Å². The van der Waals surface area contributed by atoms with Gasteiger partial charge in [0.05, 0.1) is 0 Å². The SMILES string of the molecule is CCCNC(CN(CC)C1CCCCC1)c1ccccc1. The lowest BCUT2D eigenvalue weighted by Gasteiger charge is -2.36.